The van der Waals surface area contributed by atoms with E-state index in [1.807, 2.05) is 0 Å². The molecule has 0 aliphatic heterocycles. The second kappa shape index (κ2) is 5.86. The monoisotopic (exact) mass is 225 g/mol. The third-order valence-corrected chi connectivity index (χ3v) is 3.45. The fourth-order valence-corrected chi connectivity index (χ4v) is 2.66. The first-order chi connectivity index (χ1) is 8.36. The van der Waals surface area contributed by atoms with Gasteiger partial charge in [0.1, 0.15) is 0 Å². The molecule has 1 unspecified atom stereocenters. The van der Waals surface area contributed by atoms with Crippen molar-refractivity contribution in [3.05, 3.63) is 55.0 Å². The summed E-state index contributed by atoms with van der Waals surface area (Å²) in [6.07, 6.45) is 4.73. The van der Waals surface area contributed by atoms with E-state index in [1.165, 1.54) is 35.6 Å². The Morgan fingerprint density at radius 3 is 2.53 bits per heavy atom. The van der Waals surface area contributed by atoms with E-state index in [0.29, 0.717) is 5.92 Å². The molecule has 0 saturated carbocycles. The van der Waals surface area contributed by atoms with Crippen LogP contribution in [-0.2, 0) is 0 Å². The average molecular weight is 225 g/mol. The van der Waals surface area contributed by atoms with Crippen LogP contribution in [0.1, 0.15) is 44.1 Å². The maximum absolute atomic E-state index is 4.01. The van der Waals surface area contributed by atoms with Crippen molar-refractivity contribution < 1.29 is 0 Å². The van der Waals surface area contributed by atoms with Gasteiger partial charge in [-0.05, 0) is 35.1 Å². The van der Waals surface area contributed by atoms with Crippen molar-refractivity contribution in [1.29, 1.82) is 0 Å². The number of fused-ring (bicyclic) bond motifs is 1. The minimum absolute atomic E-state index is 0.670. The van der Waals surface area contributed by atoms with E-state index >= 15 is 0 Å². The normalized spacial score (nSPS) is 11.2. The Morgan fingerprint density at radius 1 is 1.00 bits per heavy atom. The van der Waals surface area contributed by atoms with Gasteiger partial charge in [-0.15, -0.1) is 0 Å². The lowest BCUT2D eigenvalue weighted by molar-refractivity contribution is 0.577. The van der Waals surface area contributed by atoms with Crippen LogP contribution in [0.4, 0.5) is 0 Å². The molecule has 0 heteroatoms. The second-order valence-corrected chi connectivity index (χ2v) is 4.70. The topological polar surface area (TPSA) is 0 Å². The summed E-state index contributed by atoms with van der Waals surface area (Å²) in [7, 11) is 0. The first kappa shape index (κ1) is 12.2. The Kier molecular flexibility index (Phi) is 4.19. The zero-order chi connectivity index (χ0) is 12.1. The molecule has 0 heterocycles. The number of hydrogen-bond donors (Lipinski definition) is 0. The smallest absolute Gasteiger partial charge is 0.0149 e. The maximum Gasteiger partial charge on any atom is -0.0149 e. The molecule has 0 spiro atoms. The van der Waals surface area contributed by atoms with Gasteiger partial charge in [0.25, 0.3) is 0 Å². The van der Waals surface area contributed by atoms with Crippen molar-refractivity contribution in [2.45, 2.75) is 38.5 Å². The molecule has 2 rings (SSSR count). The van der Waals surface area contributed by atoms with Crippen molar-refractivity contribution in [2.75, 3.05) is 0 Å². The Hall–Kier alpha value is -1.30. The third kappa shape index (κ3) is 2.69. The highest BCUT2D eigenvalue weighted by Gasteiger charge is 2.12. The van der Waals surface area contributed by atoms with Gasteiger partial charge in [0.2, 0.25) is 0 Å². The SMILES string of the molecule is [CH2]CCC(CCC)c1cccc2ccccc12. The Labute approximate surface area is 105 Å². The van der Waals surface area contributed by atoms with Gasteiger partial charge < -0.3 is 0 Å². The summed E-state index contributed by atoms with van der Waals surface area (Å²) in [4.78, 5) is 0. The zero-order valence-corrected chi connectivity index (χ0v) is 10.7. The molecule has 0 aromatic heterocycles. The van der Waals surface area contributed by atoms with Gasteiger partial charge in [0, 0.05) is 0 Å². The first-order valence-corrected chi connectivity index (χ1v) is 6.63. The molecule has 1 atom stereocenters. The van der Waals surface area contributed by atoms with Gasteiger partial charge in [-0.25, -0.2) is 0 Å². The second-order valence-electron chi connectivity index (χ2n) is 4.70. The number of rotatable bonds is 5. The van der Waals surface area contributed by atoms with Crippen molar-refractivity contribution in [1.82, 2.24) is 0 Å². The zero-order valence-electron chi connectivity index (χ0n) is 10.7. The highest BCUT2D eigenvalue weighted by atomic mass is 14.2. The Bertz CT molecular complexity index is 459. The lowest BCUT2D eigenvalue weighted by Crippen LogP contribution is -1.99. The van der Waals surface area contributed by atoms with Crippen LogP contribution in [0.5, 0.6) is 0 Å². The predicted octanol–water partition coefficient (Wildman–Crippen LogP) is 5.34. The quantitative estimate of drug-likeness (QED) is 0.644. The standard InChI is InChI=1S/C17H21/c1-3-8-14(9-4-2)17-13-7-11-15-10-5-6-12-16(15)17/h5-7,10-14H,1,3-4,8-9H2,2H3. The predicted molar refractivity (Wildman–Crippen MR) is 76.2 cm³/mol. The highest BCUT2D eigenvalue weighted by molar-refractivity contribution is 5.86. The van der Waals surface area contributed by atoms with Crippen LogP contribution in [-0.4, -0.2) is 0 Å². The van der Waals surface area contributed by atoms with Gasteiger partial charge in [-0.3, -0.25) is 0 Å². The maximum atomic E-state index is 4.01. The van der Waals surface area contributed by atoms with Gasteiger partial charge in [0.15, 0.2) is 0 Å². The molecule has 0 aliphatic carbocycles. The molecule has 0 N–H and O–H groups in total. The van der Waals surface area contributed by atoms with Crippen LogP contribution in [0.25, 0.3) is 10.8 Å². The van der Waals surface area contributed by atoms with Gasteiger partial charge >= 0.3 is 0 Å². The molecule has 2 aromatic rings. The van der Waals surface area contributed by atoms with Gasteiger partial charge in [-0.2, -0.15) is 0 Å². The fraction of sp³-hybridized carbons (Fsp3) is 0.353. The summed E-state index contributed by atoms with van der Waals surface area (Å²) in [6, 6.07) is 15.4. The molecule has 0 bridgehead atoms. The van der Waals surface area contributed by atoms with Gasteiger partial charge in [-0.1, -0.05) is 69.2 Å². The molecular weight excluding hydrogens is 204 g/mol. The summed E-state index contributed by atoms with van der Waals surface area (Å²) in [5, 5.41) is 2.78. The average Bonchev–Trinajstić information content (AvgIpc) is 2.38. The highest BCUT2D eigenvalue weighted by Crippen LogP contribution is 2.31. The molecule has 0 aliphatic rings. The molecule has 0 nitrogen and oxygen atoms in total. The molecule has 0 amide bonds. The molecule has 17 heavy (non-hydrogen) atoms. The number of hydrogen-bond acceptors (Lipinski definition) is 0. The lowest BCUT2D eigenvalue weighted by atomic mass is 9.87. The van der Waals surface area contributed by atoms with E-state index in [0.717, 1.165) is 6.42 Å². The minimum Gasteiger partial charge on any atom is -0.0654 e. The Morgan fingerprint density at radius 2 is 1.76 bits per heavy atom. The van der Waals surface area contributed by atoms with Crippen LogP contribution in [0.2, 0.25) is 0 Å². The Balaban J connectivity index is 2.44. The largest absolute Gasteiger partial charge is 0.0654 e. The molecular formula is C17H21. The van der Waals surface area contributed by atoms with E-state index in [4.69, 9.17) is 0 Å². The van der Waals surface area contributed by atoms with Gasteiger partial charge in [0.05, 0.1) is 0 Å². The molecule has 89 valence electrons. The lowest BCUT2D eigenvalue weighted by Gasteiger charge is -2.18. The van der Waals surface area contributed by atoms with Crippen molar-refractivity contribution in [3.63, 3.8) is 0 Å². The minimum atomic E-state index is 0.670. The van der Waals surface area contributed by atoms with Crippen molar-refractivity contribution >= 4 is 10.8 Å². The van der Waals surface area contributed by atoms with Crippen LogP contribution in [0.3, 0.4) is 0 Å². The molecule has 0 fully saturated rings. The summed E-state index contributed by atoms with van der Waals surface area (Å²) >= 11 is 0. The molecule has 2 aromatic carbocycles. The van der Waals surface area contributed by atoms with Crippen molar-refractivity contribution in [2.24, 2.45) is 0 Å². The van der Waals surface area contributed by atoms with Crippen LogP contribution in [0, 0.1) is 6.92 Å². The molecule has 0 saturated heterocycles. The van der Waals surface area contributed by atoms with E-state index in [1.54, 1.807) is 0 Å². The van der Waals surface area contributed by atoms with E-state index in [2.05, 4.69) is 56.3 Å². The van der Waals surface area contributed by atoms with Crippen LogP contribution < -0.4 is 0 Å². The number of benzene rings is 2. The summed E-state index contributed by atoms with van der Waals surface area (Å²) in [6.45, 7) is 6.28. The van der Waals surface area contributed by atoms with E-state index in [9.17, 15) is 0 Å². The van der Waals surface area contributed by atoms with E-state index in [-0.39, 0.29) is 0 Å². The molecule has 1 radical (unpaired) electrons. The fourth-order valence-electron chi connectivity index (χ4n) is 2.66. The summed E-state index contributed by atoms with van der Waals surface area (Å²) in [5.74, 6) is 0.670. The summed E-state index contributed by atoms with van der Waals surface area (Å²) < 4.78 is 0. The van der Waals surface area contributed by atoms with Crippen LogP contribution in [0.15, 0.2) is 42.5 Å². The first-order valence-electron chi connectivity index (χ1n) is 6.63. The third-order valence-electron chi connectivity index (χ3n) is 3.45. The van der Waals surface area contributed by atoms with E-state index < -0.39 is 0 Å². The van der Waals surface area contributed by atoms with Crippen LogP contribution >= 0.6 is 0 Å². The summed E-state index contributed by atoms with van der Waals surface area (Å²) in [5.41, 5.74) is 1.51. The van der Waals surface area contributed by atoms with Crippen molar-refractivity contribution in [3.8, 4) is 0 Å².